The Balaban J connectivity index is 1.79. The summed E-state index contributed by atoms with van der Waals surface area (Å²) in [6.07, 6.45) is 5.63. The number of halogens is 1. The van der Waals surface area contributed by atoms with Gasteiger partial charge >= 0.3 is 0 Å². The number of benzene rings is 1. The topological polar surface area (TPSA) is 56.4 Å². The Morgan fingerprint density at radius 2 is 2.08 bits per heavy atom. The second-order valence-corrected chi connectivity index (χ2v) is 5.69. The van der Waals surface area contributed by atoms with Crippen molar-refractivity contribution in [2.24, 2.45) is 0 Å². The third kappa shape index (κ3) is 3.63. The number of amides is 1. The average molecular weight is 345 g/mol. The molecule has 0 saturated carbocycles. The minimum Gasteiger partial charge on any atom is -0.495 e. The van der Waals surface area contributed by atoms with Gasteiger partial charge in [-0.3, -0.25) is 4.79 Å². The predicted molar refractivity (Wildman–Crippen MR) is 92.5 cm³/mol. The first-order valence-electron chi connectivity index (χ1n) is 7.46. The maximum atomic E-state index is 12.5. The molecule has 3 rings (SSSR count). The molecule has 2 aromatic heterocycles. The molecule has 0 radical (unpaired) electrons. The standard InChI is InChI=1S/C18H17ClN2O3/c1-23-16-7-6-13(19)11-14(16)20-18(22)12-15(17-5-4-10-24-17)21-8-2-3-9-21/h2-11,15H,12H2,1H3,(H,20,22)/t15-/m1/s1. The summed E-state index contributed by atoms with van der Waals surface area (Å²) in [6, 6.07) is 12.4. The molecular formula is C18H17ClN2O3. The quantitative estimate of drug-likeness (QED) is 0.722. The van der Waals surface area contributed by atoms with E-state index in [-0.39, 0.29) is 18.4 Å². The molecule has 1 atom stereocenters. The fourth-order valence-electron chi connectivity index (χ4n) is 2.54. The first-order chi connectivity index (χ1) is 11.7. The van der Waals surface area contributed by atoms with Crippen LogP contribution in [0.4, 0.5) is 5.69 Å². The van der Waals surface area contributed by atoms with Crippen LogP contribution in [0.1, 0.15) is 18.2 Å². The summed E-state index contributed by atoms with van der Waals surface area (Å²) in [4.78, 5) is 12.5. The summed E-state index contributed by atoms with van der Waals surface area (Å²) in [5, 5.41) is 3.38. The van der Waals surface area contributed by atoms with Gasteiger partial charge in [0.05, 0.1) is 31.5 Å². The molecule has 124 valence electrons. The van der Waals surface area contributed by atoms with Crippen LogP contribution in [0, 0.1) is 0 Å². The van der Waals surface area contributed by atoms with Gasteiger partial charge < -0.3 is 19.0 Å². The molecule has 0 aliphatic carbocycles. The van der Waals surface area contributed by atoms with E-state index in [9.17, 15) is 4.79 Å². The molecule has 0 aliphatic rings. The maximum absolute atomic E-state index is 12.5. The Morgan fingerprint density at radius 1 is 1.29 bits per heavy atom. The Labute approximate surface area is 144 Å². The van der Waals surface area contributed by atoms with Gasteiger partial charge in [0.25, 0.3) is 0 Å². The van der Waals surface area contributed by atoms with Crippen molar-refractivity contribution in [3.05, 3.63) is 71.9 Å². The number of hydrogen-bond acceptors (Lipinski definition) is 3. The minimum absolute atomic E-state index is 0.161. The van der Waals surface area contributed by atoms with Crippen LogP contribution in [0.25, 0.3) is 0 Å². The lowest BCUT2D eigenvalue weighted by atomic mass is 10.1. The monoisotopic (exact) mass is 344 g/mol. The summed E-state index contributed by atoms with van der Waals surface area (Å²) >= 11 is 6.00. The third-order valence-corrected chi connectivity index (χ3v) is 3.91. The van der Waals surface area contributed by atoms with Gasteiger partial charge in [0.1, 0.15) is 11.5 Å². The first-order valence-corrected chi connectivity index (χ1v) is 7.84. The van der Waals surface area contributed by atoms with Crippen LogP contribution in [-0.2, 0) is 4.79 Å². The van der Waals surface area contributed by atoms with Crippen LogP contribution in [-0.4, -0.2) is 17.6 Å². The van der Waals surface area contributed by atoms with Gasteiger partial charge in [-0.2, -0.15) is 0 Å². The molecule has 0 aliphatic heterocycles. The van der Waals surface area contributed by atoms with Crippen molar-refractivity contribution in [1.82, 2.24) is 4.57 Å². The Hall–Kier alpha value is -2.66. The third-order valence-electron chi connectivity index (χ3n) is 3.67. The van der Waals surface area contributed by atoms with Crippen LogP contribution in [0.15, 0.2) is 65.5 Å². The lowest BCUT2D eigenvalue weighted by Gasteiger charge is -2.17. The molecule has 24 heavy (non-hydrogen) atoms. The summed E-state index contributed by atoms with van der Waals surface area (Å²) < 4.78 is 12.7. The number of nitrogens with zero attached hydrogens (tertiary/aromatic N) is 1. The Bertz CT molecular complexity index is 764. The molecule has 0 saturated heterocycles. The lowest BCUT2D eigenvalue weighted by molar-refractivity contribution is -0.116. The zero-order valence-corrected chi connectivity index (χ0v) is 13.9. The zero-order chi connectivity index (χ0) is 16.9. The van der Waals surface area contributed by atoms with Crippen LogP contribution >= 0.6 is 11.6 Å². The van der Waals surface area contributed by atoms with Crippen molar-refractivity contribution in [2.45, 2.75) is 12.5 Å². The maximum Gasteiger partial charge on any atom is 0.227 e. The van der Waals surface area contributed by atoms with Gasteiger partial charge in [-0.05, 0) is 42.5 Å². The highest BCUT2D eigenvalue weighted by atomic mass is 35.5. The molecule has 1 aromatic carbocycles. The summed E-state index contributed by atoms with van der Waals surface area (Å²) in [5.41, 5.74) is 0.542. The highest BCUT2D eigenvalue weighted by Gasteiger charge is 2.20. The van der Waals surface area contributed by atoms with Gasteiger partial charge in [0.2, 0.25) is 5.91 Å². The van der Waals surface area contributed by atoms with Crippen molar-refractivity contribution < 1.29 is 13.9 Å². The molecule has 0 spiro atoms. The van der Waals surface area contributed by atoms with Crippen molar-refractivity contribution >= 4 is 23.2 Å². The van der Waals surface area contributed by atoms with E-state index in [1.807, 2.05) is 41.2 Å². The second-order valence-electron chi connectivity index (χ2n) is 5.26. The average Bonchev–Trinajstić information content (AvgIpc) is 3.27. The van der Waals surface area contributed by atoms with Gasteiger partial charge in [0.15, 0.2) is 0 Å². The number of methoxy groups -OCH3 is 1. The van der Waals surface area contributed by atoms with Gasteiger partial charge in [-0.1, -0.05) is 11.6 Å². The Morgan fingerprint density at radius 3 is 2.75 bits per heavy atom. The van der Waals surface area contributed by atoms with Gasteiger partial charge in [-0.25, -0.2) is 0 Å². The zero-order valence-electron chi connectivity index (χ0n) is 13.1. The molecule has 0 bridgehead atoms. The summed E-state index contributed by atoms with van der Waals surface area (Å²) in [6.45, 7) is 0. The number of anilines is 1. The second kappa shape index (κ2) is 7.27. The van der Waals surface area contributed by atoms with Crippen molar-refractivity contribution in [1.29, 1.82) is 0 Å². The molecular weight excluding hydrogens is 328 g/mol. The first kappa shape index (κ1) is 16.2. The van der Waals surface area contributed by atoms with E-state index in [0.29, 0.717) is 16.5 Å². The van der Waals surface area contributed by atoms with E-state index >= 15 is 0 Å². The van der Waals surface area contributed by atoms with Crippen molar-refractivity contribution in [2.75, 3.05) is 12.4 Å². The summed E-state index contributed by atoms with van der Waals surface area (Å²) in [7, 11) is 1.55. The minimum atomic E-state index is -0.222. The van der Waals surface area contributed by atoms with E-state index in [2.05, 4.69) is 5.32 Å². The van der Waals surface area contributed by atoms with Crippen LogP contribution < -0.4 is 10.1 Å². The number of furan rings is 1. The van der Waals surface area contributed by atoms with Gasteiger partial charge in [0, 0.05) is 17.4 Å². The largest absolute Gasteiger partial charge is 0.495 e. The molecule has 3 aromatic rings. The number of aromatic nitrogens is 1. The summed E-state index contributed by atoms with van der Waals surface area (Å²) in [5.74, 6) is 1.12. The number of hydrogen-bond donors (Lipinski definition) is 1. The number of carbonyl (C=O) groups excluding carboxylic acids is 1. The highest BCUT2D eigenvalue weighted by molar-refractivity contribution is 6.31. The van der Waals surface area contributed by atoms with Gasteiger partial charge in [-0.15, -0.1) is 0 Å². The number of rotatable bonds is 6. The van der Waals surface area contributed by atoms with Crippen LogP contribution in [0.3, 0.4) is 0 Å². The normalized spacial score (nSPS) is 11.9. The predicted octanol–water partition coefficient (Wildman–Crippen LogP) is 4.36. The van der Waals surface area contributed by atoms with Crippen molar-refractivity contribution in [3.63, 3.8) is 0 Å². The molecule has 2 heterocycles. The molecule has 0 fully saturated rings. The van der Waals surface area contributed by atoms with Crippen molar-refractivity contribution in [3.8, 4) is 5.75 Å². The van der Waals surface area contributed by atoms with Crippen LogP contribution in [0.5, 0.6) is 5.75 Å². The van der Waals surface area contributed by atoms with Crippen LogP contribution in [0.2, 0.25) is 5.02 Å². The van der Waals surface area contributed by atoms with E-state index < -0.39 is 0 Å². The molecule has 6 heteroatoms. The highest BCUT2D eigenvalue weighted by Crippen LogP contribution is 2.29. The SMILES string of the molecule is COc1ccc(Cl)cc1NC(=O)C[C@H](c1ccco1)n1cccc1. The Kier molecular flexibility index (Phi) is 4.91. The smallest absolute Gasteiger partial charge is 0.227 e. The number of carbonyl (C=O) groups is 1. The fraction of sp³-hybridized carbons (Fsp3) is 0.167. The number of ether oxygens (including phenoxy) is 1. The van der Waals surface area contributed by atoms with E-state index in [0.717, 1.165) is 5.76 Å². The van der Waals surface area contributed by atoms with E-state index in [1.165, 1.54) is 0 Å². The fourth-order valence-corrected chi connectivity index (χ4v) is 2.72. The van der Waals surface area contributed by atoms with E-state index in [1.54, 1.807) is 31.6 Å². The number of nitrogens with one attached hydrogen (secondary N) is 1. The molecule has 5 nitrogen and oxygen atoms in total. The molecule has 1 amide bonds. The molecule has 0 unspecified atom stereocenters. The van der Waals surface area contributed by atoms with E-state index in [4.69, 9.17) is 20.8 Å². The molecule has 1 N–H and O–H groups in total. The lowest BCUT2D eigenvalue weighted by Crippen LogP contribution is -2.19.